The number of anilines is 2. The number of fused-ring (bicyclic) bond motifs is 2. The highest BCUT2D eigenvalue weighted by atomic mass is 16.4. The molecule has 2 aromatic heterocycles. The summed E-state index contributed by atoms with van der Waals surface area (Å²) in [6.45, 7) is 0. The molecular formula is C26H16N6O2. The summed E-state index contributed by atoms with van der Waals surface area (Å²) in [7, 11) is 0. The Labute approximate surface area is 194 Å². The van der Waals surface area contributed by atoms with Gasteiger partial charge in [-0.05, 0) is 48.5 Å². The zero-order valence-corrected chi connectivity index (χ0v) is 17.7. The van der Waals surface area contributed by atoms with Crippen molar-refractivity contribution in [3.05, 3.63) is 97.0 Å². The van der Waals surface area contributed by atoms with E-state index in [-0.39, 0.29) is 22.9 Å². The minimum atomic E-state index is 0.253. The molecule has 5 aromatic rings. The van der Waals surface area contributed by atoms with E-state index in [1.165, 1.54) is 0 Å². The lowest BCUT2D eigenvalue weighted by atomic mass is 10.2. The van der Waals surface area contributed by atoms with E-state index in [1.54, 1.807) is 24.5 Å². The predicted octanol–water partition coefficient (Wildman–Crippen LogP) is 5.92. The van der Waals surface area contributed by atoms with Crippen LogP contribution in [0, 0.1) is 22.7 Å². The van der Waals surface area contributed by atoms with Gasteiger partial charge in [-0.3, -0.25) is 0 Å². The number of hydrogen-bond donors (Lipinski definition) is 2. The summed E-state index contributed by atoms with van der Waals surface area (Å²) in [5.41, 5.74) is 4.70. The third-order valence-electron chi connectivity index (χ3n) is 4.94. The lowest BCUT2D eigenvalue weighted by molar-refractivity contribution is 0.585. The maximum absolute atomic E-state index is 9.50. The van der Waals surface area contributed by atoms with E-state index >= 15 is 0 Å². The standard InChI is InChI=1S/C26H16N6O2/c27-13-17(25-31-21-5-1-3-7-23(21)33-25)15-29-19-9-11-20(12-10-19)30-16-18(14-28)26-32-22-6-2-4-8-24(22)34-26/h1-12,15-16,29-30H/b17-15+,18-16+. The van der Waals surface area contributed by atoms with Crippen LogP contribution in [0.4, 0.5) is 11.4 Å². The van der Waals surface area contributed by atoms with Crippen LogP contribution in [0.15, 0.2) is 94.0 Å². The molecule has 8 heteroatoms. The first-order valence-electron chi connectivity index (χ1n) is 10.3. The number of oxazole rings is 2. The molecule has 3 aromatic carbocycles. The number of nitrogens with one attached hydrogen (secondary N) is 2. The summed E-state index contributed by atoms with van der Waals surface area (Å²) >= 11 is 0. The van der Waals surface area contributed by atoms with Crippen molar-refractivity contribution in [3.63, 3.8) is 0 Å². The molecule has 2 N–H and O–H groups in total. The number of nitriles is 2. The van der Waals surface area contributed by atoms with E-state index in [0.29, 0.717) is 22.2 Å². The van der Waals surface area contributed by atoms with Crippen LogP contribution in [0.1, 0.15) is 11.8 Å². The summed E-state index contributed by atoms with van der Waals surface area (Å²) < 4.78 is 11.3. The number of aromatic nitrogens is 2. The van der Waals surface area contributed by atoms with Gasteiger partial charge in [0.1, 0.15) is 34.3 Å². The first-order chi connectivity index (χ1) is 16.7. The van der Waals surface area contributed by atoms with Gasteiger partial charge in [-0.25, -0.2) is 9.97 Å². The van der Waals surface area contributed by atoms with E-state index in [9.17, 15) is 10.5 Å². The first-order valence-corrected chi connectivity index (χ1v) is 10.3. The number of hydrogen-bond acceptors (Lipinski definition) is 8. The normalized spacial score (nSPS) is 11.8. The molecular weight excluding hydrogens is 428 g/mol. The van der Waals surface area contributed by atoms with Gasteiger partial charge in [0.25, 0.3) is 0 Å². The van der Waals surface area contributed by atoms with E-state index in [4.69, 9.17) is 8.83 Å². The van der Waals surface area contributed by atoms with Crippen LogP contribution in [-0.2, 0) is 0 Å². The fourth-order valence-electron chi connectivity index (χ4n) is 3.23. The van der Waals surface area contributed by atoms with E-state index in [1.807, 2.05) is 60.7 Å². The molecule has 0 aliphatic heterocycles. The van der Waals surface area contributed by atoms with Crippen LogP contribution in [0.5, 0.6) is 0 Å². The van der Waals surface area contributed by atoms with Gasteiger partial charge in [0.05, 0.1) is 0 Å². The van der Waals surface area contributed by atoms with Crippen molar-refractivity contribution in [3.8, 4) is 12.1 Å². The van der Waals surface area contributed by atoms with Crippen molar-refractivity contribution in [1.82, 2.24) is 9.97 Å². The van der Waals surface area contributed by atoms with Gasteiger partial charge in [0.15, 0.2) is 11.2 Å². The number of rotatable bonds is 6. The Bertz CT molecular complexity index is 1440. The fraction of sp³-hybridized carbons (Fsp3) is 0. The molecule has 0 saturated carbocycles. The summed E-state index contributed by atoms with van der Waals surface area (Å²) in [5.74, 6) is 0.505. The first kappa shape index (κ1) is 20.6. The third-order valence-corrected chi connectivity index (χ3v) is 4.94. The van der Waals surface area contributed by atoms with Crippen LogP contribution >= 0.6 is 0 Å². The van der Waals surface area contributed by atoms with Crippen molar-refractivity contribution in [2.75, 3.05) is 10.6 Å². The Balaban J connectivity index is 1.28. The van der Waals surface area contributed by atoms with E-state index in [0.717, 1.165) is 11.4 Å². The third kappa shape index (κ3) is 4.20. The summed E-state index contributed by atoms with van der Waals surface area (Å²) in [5, 5.41) is 25.2. The quantitative estimate of drug-likeness (QED) is 0.309. The molecule has 0 radical (unpaired) electrons. The molecule has 8 nitrogen and oxygen atoms in total. The van der Waals surface area contributed by atoms with Gasteiger partial charge in [0.2, 0.25) is 11.8 Å². The van der Waals surface area contributed by atoms with Gasteiger partial charge < -0.3 is 19.5 Å². The monoisotopic (exact) mass is 444 g/mol. The van der Waals surface area contributed by atoms with E-state index in [2.05, 4.69) is 32.7 Å². The molecule has 162 valence electrons. The summed E-state index contributed by atoms with van der Waals surface area (Å²) in [6, 6.07) is 26.2. The minimum absolute atomic E-state index is 0.253. The molecule has 0 amide bonds. The maximum Gasteiger partial charge on any atom is 0.239 e. The van der Waals surface area contributed by atoms with Crippen molar-refractivity contribution >= 4 is 44.7 Å². The number of allylic oxidation sites excluding steroid dienone is 2. The van der Waals surface area contributed by atoms with Gasteiger partial charge >= 0.3 is 0 Å². The largest absolute Gasteiger partial charge is 0.435 e. The van der Waals surface area contributed by atoms with Crippen LogP contribution in [-0.4, -0.2) is 9.97 Å². The zero-order valence-electron chi connectivity index (χ0n) is 17.7. The molecule has 0 bridgehead atoms. The minimum Gasteiger partial charge on any atom is -0.435 e. The maximum atomic E-state index is 9.50. The Hall–Kier alpha value is -5.34. The molecule has 0 atom stereocenters. The van der Waals surface area contributed by atoms with Crippen LogP contribution in [0.2, 0.25) is 0 Å². The van der Waals surface area contributed by atoms with Crippen LogP contribution in [0.3, 0.4) is 0 Å². The molecule has 0 aliphatic rings. The molecule has 0 fully saturated rings. The van der Waals surface area contributed by atoms with Crippen molar-refractivity contribution < 1.29 is 8.83 Å². The molecule has 5 rings (SSSR count). The smallest absolute Gasteiger partial charge is 0.239 e. The van der Waals surface area contributed by atoms with Crippen LogP contribution < -0.4 is 10.6 Å². The van der Waals surface area contributed by atoms with Crippen molar-refractivity contribution in [1.29, 1.82) is 10.5 Å². The average molecular weight is 444 g/mol. The predicted molar refractivity (Wildman–Crippen MR) is 129 cm³/mol. The molecule has 0 saturated heterocycles. The fourth-order valence-corrected chi connectivity index (χ4v) is 3.23. The van der Waals surface area contributed by atoms with Gasteiger partial charge in [-0.2, -0.15) is 10.5 Å². The zero-order chi connectivity index (χ0) is 23.3. The molecule has 34 heavy (non-hydrogen) atoms. The molecule has 2 heterocycles. The van der Waals surface area contributed by atoms with Gasteiger partial charge in [-0.15, -0.1) is 0 Å². The highest BCUT2D eigenvalue weighted by Crippen LogP contribution is 2.23. The Morgan fingerprint density at radius 1 is 0.647 bits per heavy atom. The number of nitrogens with zero attached hydrogens (tertiary/aromatic N) is 4. The lowest BCUT2D eigenvalue weighted by Crippen LogP contribution is -1.93. The Morgan fingerprint density at radius 2 is 1.06 bits per heavy atom. The second kappa shape index (κ2) is 9.03. The summed E-state index contributed by atoms with van der Waals surface area (Å²) in [4.78, 5) is 8.69. The molecule has 0 aliphatic carbocycles. The lowest BCUT2D eigenvalue weighted by Gasteiger charge is -2.04. The molecule has 0 unspecified atom stereocenters. The van der Waals surface area contributed by atoms with Gasteiger partial charge in [-0.1, -0.05) is 24.3 Å². The highest BCUT2D eigenvalue weighted by Gasteiger charge is 2.11. The van der Waals surface area contributed by atoms with E-state index < -0.39 is 0 Å². The summed E-state index contributed by atoms with van der Waals surface area (Å²) in [6.07, 6.45) is 3.10. The van der Waals surface area contributed by atoms with Gasteiger partial charge in [0, 0.05) is 23.8 Å². The second-order valence-corrected chi connectivity index (χ2v) is 7.18. The Kier molecular flexibility index (Phi) is 5.46. The SMILES string of the molecule is N#C/C(=C\Nc1ccc(N/C=C(\C#N)c2nc3ccccc3o2)cc1)c1nc2ccccc2o1. The average Bonchev–Trinajstić information content (AvgIpc) is 3.50. The van der Waals surface area contributed by atoms with Crippen molar-refractivity contribution in [2.24, 2.45) is 0 Å². The number of para-hydroxylation sites is 4. The number of benzene rings is 3. The second-order valence-electron chi connectivity index (χ2n) is 7.18. The topological polar surface area (TPSA) is 124 Å². The Morgan fingerprint density at radius 3 is 1.44 bits per heavy atom. The highest BCUT2D eigenvalue weighted by molar-refractivity contribution is 5.81. The molecule has 0 spiro atoms. The van der Waals surface area contributed by atoms with Crippen LogP contribution in [0.25, 0.3) is 33.3 Å². The van der Waals surface area contributed by atoms with Crippen molar-refractivity contribution in [2.45, 2.75) is 0 Å².